The summed E-state index contributed by atoms with van der Waals surface area (Å²) in [6.07, 6.45) is 1.19. The van der Waals surface area contributed by atoms with Gasteiger partial charge in [-0.15, -0.1) is 0 Å². The second-order valence-electron chi connectivity index (χ2n) is 3.26. The molecule has 0 aliphatic carbocycles. The molecule has 0 spiro atoms. The third-order valence-corrected chi connectivity index (χ3v) is 2.13. The second kappa shape index (κ2) is 2.81. The number of rotatable bonds is 1. The van der Waals surface area contributed by atoms with E-state index in [9.17, 15) is 9.90 Å². The minimum atomic E-state index is -0.811. The van der Waals surface area contributed by atoms with E-state index in [0.29, 0.717) is 12.8 Å². The van der Waals surface area contributed by atoms with Crippen LogP contribution in [-0.4, -0.2) is 22.8 Å². The van der Waals surface area contributed by atoms with Crippen LogP contribution in [-0.2, 0) is 9.53 Å². The minimum absolute atomic E-state index is 0.138. The van der Waals surface area contributed by atoms with Gasteiger partial charge >= 0.3 is 5.97 Å². The highest BCUT2D eigenvalue weighted by molar-refractivity contribution is 5.71. The van der Waals surface area contributed by atoms with Crippen LogP contribution < -0.4 is 0 Å². The standard InChI is InChI=1S/C8H14O3/c1-3-8(10)4-6(2)11-7(9)5-8/h6,10H,3-5H2,1-2H3. The Kier molecular flexibility index (Phi) is 2.18. The summed E-state index contributed by atoms with van der Waals surface area (Å²) in [7, 11) is 0. The quantitative estimate of drug-likeness (QED) is 0.575. The number of carbonyl (C=O) groups is 1. The van der Waals surface area contributed by atoms with Crippen LogP contribution in [0.3, 0.4) is 0 Å². The summed E-state index contributed by atoms with van der Waals surface area (Å²) in [5.41, 5.74) is -0.811. The molecular formula is C8H14O3. The Morgan fingerprint density at radius 1 is 1.82 bits per heavy atom. The zero-order valence-corrected chi connectivity index (χ0v) is 6.96. The van der Waals surface area contributed by atoms with Crippen molar-refractivity contribution >= 4 is 5.97 Å². The highest BCUT2D eigenvalue weighted by Crippen LogP contribution is 2.27. The first-order valence-corrected chi connectivity index (χ1v) is 3.97. The smallest absolute Gasteiger partial charge is 0.308 e. The molecule has 1 rings (SSSR count). The number of ether oxygens (including phenoxy) is 1. The lowest BCUT2D eigenvalue weighted by atomic mass is 9.88. The van der Waals surface area contributed by atoms with Crippen LogP contribution in [0.4, 0.5) is 0 Å². The van der Waals surface area contributed by atoms with Crippen molar-refractivity contribution in [1.82, 2.24) is 0 Å². The van der Waals surface area contributed by atoms with Gasteiger partial charge in [0.1, 0.15) is 6.10 Å². The highest BCUT2D eigenvalue weighted by atomic mass is 16.5. The van der Waals surface area contributed by atoms with Crippen LogP contribution in [0.5, 0.6) is 0 Å². The van der Waals surface area contributed by atoms with Crippen molar-refractivity contribution in [3.8, 4) is 0 Å². The third kappa shape index (κ3) is 1.93. The van der Waals surface area contributed by atoms with E-state index in [1.54, 1.807) is 6.92 Å². The molecule has 3 heteroatoms. The number of esters is 1. The van der Waals surface area contributed by atoms with E-state index in [4.69, 9.17) is 4.74 Å². The molecule has 0 aromatic carbocycles. The van der Waals surface area contributed by atoms with E-state index >= 15 is 0 Å². The number of aliphatic hydroxyl groups is 1. The predicted molar refractivity (Wildman–Crippen MR) is 40.0 cm³/mol. The molecule has 1 fully saturated rings. The lowest BCUT2D eigenvalue weighted by Crippen LogP contribution is -2.41. The topological polar surface area (TPSA) is 46.5 Å². The van der Waals surface area contributed by atoms with Crippen molar-refractivity contribution in [2.75, 3.05) is 0 Å². The summed E-state index contributed by atoms with van der Waals surface area (Å²) < 4.78 is 4.88. The molecule has 64 valence electrons. The third-order valence-electron chi connectivity index (χ3n) is 2.13. The van der Waals surface area contributed by atoms with Gasteiger partial charge in [0.05, 0.1) is 12.0 Å². The fourth-order valence-corrected chi connectivity index (χ4v) is 1.45. The first-order valence-electron chi connectivity index (χ1n) is 3.97. The maximum atomic E-state index is 10.9. The molecular weight excluding hydrogens is 144 g/mol. The molecule has 0 saturated carbocycles. The van der Waals surface area contributed by atoms with Crippen LogP contribution in [0.25, 0.3) is 0 Å². The van der Waals surface area contributed by atoms with Crippen molar-refractivity contribution in [2.45, 2.75) is 44.8 Å². The zero-order valence-electron chi connectivity index (χ0n) is 6.96. The molecule has 1 saturated heterocycles. The molecule has 0 bridgehead atoms. The van der Waals surface area contributed by atoms with E-state index in [1.807, 2.05) is 6.92 Å². The largest absolute Gasteiger partial charge is 0.462 e. The van der Waals surface area contributed by atoms with Gasteiger partial charge in [-0.1, -0.05) is 6.92 Å². The van der Waals surface area contributed by atoms with E-state index < -0.39 is 5.60 Å². The van der Waals surface area contributed by atoms with Crippen LogP contribution in [0.2, 0.25) is 0 Å². The lowest BCUT2D eigenvalue weighted by molar-refractivity contribution is -0.168. The number of hydrogen-bond donors (Lipinski definition) is 1. The van der Waals surface area contributed by atoms with Gasteiger partial charge in [-0.25, -0.2) is 0 Å². The number of carbonyl (C=O) groups excluding carboxylic acids is 1. The molecule has 1 aliphatic rings. The zero-order chi connectivity index (χ0) is 8.48. The van der Waals surface area contributed by atoms with Gasteiger partial charge in [0.2, 0.25) is 0 Å². The Balaban J connectivity index is 2.62. The highest BCUT2D eigenvalue weighted by Gasteiger charge is 2.36. The summed E-state index contributed by atoms with van der Waals surface area (Å²) in [5.74, 6) is -0.284. The Morgan fingerprint density at radius 2 is 2.45 bits per heavy atom. The SMILES string of the molecule is CCC1(O)CC(=O)OC(C)C1. The first-order chi connectivity index (χ1) is 5.06. The average Bonchev–Trinajstić information content (AvgIpc) is 1.84. The molecule has 1 N–H and O–H groups in total. The van der Waals surface area contributed by atoms with Crippen molar-refractivity contribution in [1.29, 1.82) is 0 Å². The monoisotopic (exact) mass is 158 g/mol. The maximum Gasteiger partial charge on any atom is 0.308 e. The van der Waals surface area contributed by atoms with E-state index in [0.717, 1.165) is 0 Å². The molecule has 0 amide bonds. The fourth-order valence-electron chi connectivity index (χ4n) is 1.45. The Hall–Kier alpha value is -0.570. The van der Waals surface area contributed by atoms with Crippen molar-refractivity contribution < 1.29 is 14.6 Å². The van der Waals surface area contributed by atoms with E-state index in [1.165, 1.54) is 0 Å². The molecule has 2 unspecified atom stereocenters. The van der Waals surface area contributed by atoms with E-state index in [-0.39, 0.29) is 18.5 Å². The number of hydrogen-bond acceptors (Lipinski definition) is 3. The predicted octanol–water partition coefficient (Wildman–Crippen LogP) is 0.853. The Labute approximate surface area is 66.4 Å². The molecule has 11 heavy (non-hydrogen) atoms. The summed E-state index contributed by atoms with van der Waals surface area (Å²) in [4.78, 5) is 10.9. The van der Waals surface area contributed by atoms with E-state index in [2.05, 4.69) is 0 Å². The summed E-state index contributed by atoms with van der Waals surface area (Å²) in [5, 5.41) is 9.72. The molecule has 1 heterocycles. The Bertz CT molecular complexity index is 167. The van der Waals surface area contributed by atoms with Crippen LogP contribution in [0.1, 0.15) is 33.1 Å². The first kappa shape index (κ1) is 8.53. The minimum Gasteiger partial charge on any atom is -0.462 e. The summed E-state index contributed by atoms with van der Waals surface area (Å²) in [6.45, 7) is 3.68. The molecule has 1 aliphatic heterocycles. The lowest BCUT2D eigenvalue weighted by Gasteiger charge is -2.33. The molecule has 3 nitrogen and oxygen atoms in total. The molecule has 0 aromatic rings. The van der Waals surface area contributed by atoms with Gasteiger partial charge in [0.15, 0.2) is 0 Å². The van der Waals surface area contributed by atoms with Gasteiger partial charge in [-0.2, -0.15) is 0 Å². The maximum absolute atomic E-state index is 10.9. The molecule has 0 aromatic heterocycles. The summed E-state index contributed by atoms with van der Waals surface area (Å²) in [6, 6.07) is 0. The molecule has 0 radical (unpaired) electrons. The summed E-state index contributed by atoms with van der Waals surface area (Å²) >= 11 is 0. The van der Waals surface area contributed by atoms with Crippen LogP contribution in [0, 0.1) is 0 Å². The van der Waals surface area contributed by atoms with Crippen molar-refractivity contribution in [3.05, 3.63) is 0 Å². The fraction of sp³-hybridized carbons (Fsp3) is 0.875. The van der Waals surface area contributed by atoms with Gasteiger partial charge in [0, 0.05) is 6.42 Å². The van der Waals surface area contributed by atoms with Gasteiger partial charge in [-0.05, 0) is 13.3 Å². The van der Waals surface area contributed by atoms with Gasteiger partial charge in [0.25, 0.3) is 0 Å². The second-order valence-corrected chi connectivity index (χ2v) is 3.26. The van der Waals surface area contributed by atoms with Gasteiger partial charge in [-0.3, -0.25) is 4.79 Å². The number of cyclic esters (lactones) is 1. The molecule has 2 atom stereocenters. The van der Waals surface area contributed by atoms with Crippen molar-refractivity contribution in [3.63, 3.8) is 0 Å². The Morgan fingerprint density at radius 3 is 2.91 bits per heavy atom. The normalized spacial score (nSPS) is 38.5. The average molecular weight is 158 g/mol. The van der Waals surface area contributed by atoms with Crippen LogP contribution >= 0.6 is 0 Å². The van der Waals surface area contributed by atoms with Gasteiger partial charge < -0.3 is 9.84 Å². The van der Waals surface area contributed by atoms with Crippen LogP contribution in [0.15, 0.2) is 0 Å². The van der Waals surface area contributed by atoms with Crippen molar-refractivity contribution in [2.24, 2.45) is 0 Å².